The van der Waals surface area contributed by atoms with Gasteiger partial charge in [0.2, 0.25) is 0 Å². The molecule has 0 fully saturated rings. The highest BCUT2D eigenvalue weighted by Gasteiger charge is 2.12. The second kappa shape index (κ2) is 13.0. The summed E-state index contributed by atoms with van der Waals surface area (Å²) < 4.78 is 11.9. The van der Waals surface area contributed by atoms with Crippen molar-refractivity contribution in [2.45, 2.75) is 25.7 Å². The molecular weight excluding hydrogens is 445 g/mol. The van der Waals surface area contributed by atoms with Crippen molar-refractivity contribution in [1.29, 1.82) is 0 Å². The minimum Gasteiger partial charge on any atom is -0.440 e. The van der Waals surface area contributed by atoms with E-state index in [1.807, 2.05) is 24.3 Å². The zero-order valence-electron chi connectivity index (χ0n) is 14.9. The van der Waals surface area contributed by atoms with Crippen molar-refractivity contribution in [2.75, 3.05) is 23.5 Å². The van der Waals surface area contributed by atoms with Gasteiger partial charge in [-0.3, -0.25) is 0 Å². The molecule has 27 heavy (non-hydrogen) atoms. The fourth-order valence-corrected chi connectivity index (χ4v) is 4.34. The molecule has 0 spiro atoms. The number of alkyl halides is 4. The van der Waals surface area contributed by atoms with Crippen LogP contribution in [0.15, 0.2) is 36.4 Å². The van der Waals surface area contributed by atoms with Gasteiger partial charge < -0.3 is 9.05 Å². The topological polar surface area (TPSA) is 18.5 Å². The van der Waals surface area contributed by atoms with Gasteiger partial charge >= 0.3 is 0 Å². The molecule has 0 heterocycles. The van der Waals surface area contributed by atoms with Crippen LogP contribution in [0.1, 0.15) is 22.3 Å². The Balaban J connectivity index is 2.12. The molecule has 0 N–H and O–H groups in total. The van der Waals surface area contributed by atoms with Crippen LogP contribution in [-0.2, 0) is 25.7 Å². The minimum absolute atomic E-state index is 0.167. The van der Waals surface area contributed by atoms with E-state index in [1.54, 1.807) is 0 Å². The largest absolute Gasteiger partial charge is 0.440 e. The Bertz CT molecular complexity index is 653. The van der Waals surface area contributed by atoms with Gasteiger partial charge in [-0.1, -0.05) is 24.3 Å². The van der Waals surface area contributed by atoms with E-state index in [4.69, 9.17) is 55.5 Å². The summed E-state index contributed by atoms with van der Waals surface area (Å²) in [6, 6.07) is 12.0. The van der Waals surface area contributed by atoms with Crippen LogP contribution in [-0.4, -0.2) is 23.5 Å². The Kier molecular flexibility index (Phi) is 11.0. The fourth-order valence-electron chi connectivity index (χ4n) is 2.95. The van der Waals surface area contributed by atoms with Crippen LogP contribution >= 0.6 is 55.4 Å². The molecule has 0 aliphatic carbocycles. The summed E-state index contributed by atoms with van der Waals surface area (Å²) in [6.07, 6.45) is 3.04. The maximum atomic E-state index is 5.97. The van der Waals surface area contributed by atoms with Crippen LogP contribution in [0.5, 0.6) is 11.5 Å². The van der Waals surface area contributed by atoms with E-state index in [1.165, 1.54) is 11.1 Å². The molecule has 0 amide bonds. The van der Waals surface area contributed by atoms with Crippen molar-refractivity contribution < 1.29 is 9.05 Å². The molecule has 0 aliphatic heterocycles. The number of halogens is 4. The Morgan fingerprint density at radius 2 is 1.00 bits per heavy atom. The number of hydrogen-bond donors (Lipinski definition) is 0. The summed E-state index contributed by atoms with van der Waals surface area (Å²) in [7, 11) is -0.167. The third-order valence-corrected chi connectivity index (χ3v) is 5.54. The second-order valence-electron chi connectivity index (χ2n) is 5.83. The van der Waals surface area contributed by atoms with E-state index in [9.17, 15) is 0 Å². The smallest absolute Gasteiger partial charge is 0.275 e. The van der Waals surface area contributed by atoms with Gasteiger partial charge in [0.15, 0.2) is 0 Å². The molecule has 0 saturated carbocycles. The van der Waals surface area contributed by atoms with Gasteiger partial charge in [-0.05, 0) is 60.1 Å². The molecule has 148 valence electrons. The summed E-state index contributed by atoms with van der Waals surface area (Å²) in [5.41, 5.74) is 4.53. The monoisotopic (exact) mass is 466 g/mol. The van der Waals surface area contributed by atoms with Crippen molar-refractivity contribution in [3.8, 4) is 11.5 Å². The quantitative estimate of drug-likeness (QED) is 0.253. The lowest BCUT2D eigenvalue weighted by molar-refractivity contribution is 0.507. The predicted molar refractivity (Wildman–Crippen MR) is 120 cm³/mol. The predicted octanol–water partition coefficient (Wildman–Crippen LogP) is 6.78. The lowest BCUT2D eigenvalue weighted by atomic mass is 10.0. The Morgan fingerprint density at radius 1 is 0.593 bits per heavy atom. The third kappa shape index (κ3) is 6.87. The molecule has 0 atom stereocenters. The molecule has 0 unspecified atom stereocenters. The average Bonchev–Trinajstić information content (AvgIpc) is 2.67. The molecule has 0 bridgehead atoms. The first-order valence-corrected chi connectivity index (χ1v) is 11.7. The van der Waals surface area contributed by atoms with E-state index >= 15 is 0 Å². The van der Waals surface area contributed by atoms with Crippen LogP contribution in [0.25, 0.3) is 0 Å². The lowest BCUT2D eigenvalue weighted by Crippen LogP contribution is -2.01. The molecule has 0 aromatic heterocycles. The van der Waals surface area contributed by atoms with Gasteiger partial charge in [0.1, 0.15) is 11.5 Å². The summed E-state index contributed by atoms with van der Waals surface area (Å²) >= 11 is 23.8. The summed E-state index contributed by atoms with van der Waals surface area (Å²) in [4.78, 5) is 0. The molecular formula is C20H23Cl4O2P. The first kappa shape index (κ1) is 22.9. The number of benzene rings is 2. The molecule has 2 aromatic carbocycles. The minimum atomic E-state index is -0.167. The zero-order valence-corrected chi connectivity index (χ0v) is 19.0. The molecule has 0 aliphatic rings. The molecule has 2 rings (SSSR count). The van der Waals surface area contributed by atoms with Crippen LogP contribution in [0.4, 0.5) is 0 Å². The van der Waals surface area contributed by atoms with Crippen LogP contribution in [0, 0.1) is 0 Å². The van der Waals surface area contributed by atoms with E-state index < -0.39 is 0 Å². The molecule has 0 radical (unpaired) electrons. The number of rotatable bonds is 12. The maximum Gasteiger partial charge on any atom is 0.275 e. The van der Waals surface area contributed by atoms with Gasteiger partial charge in [-0.2, -0.15) is 0 Å². The second-order valence-corrected chi connectivity index (χ2v) is 7.92. The summed E-state index contributed by atoms with van der Waals surface area (Å²) in [5.74, 6) is 3.78. The zero-order chi connectivity index (χ0) is 19.5. The van der Waals surface area contributed by atoms with Crippen molar-refractivity contribution >= 4 is 55.4 Å². The highest BCUT2D eigenvalue weighted by atomic mass is 35.5. The van der Waals surface area contributed by atoms with Crippen molar-refractivity contribution in [3.05, 3.63) is 58.7 Å². The van der Waals surface area contributed by atoms with Crippen molar-refractivity contribution in [1.82, 2.24) is 0 Å². The van der Waals surface area contributed by atoms with Gasteiger partial charge in [0.05, 0.1) is 0 Å². The first-order chi connectivity index (χ1) is 13.2. The van der Waals surface area contributed by atoms with Crippen molar-refractivity contribution in [3.63, 3.8) is 0 Å². The molecule has 2 nitrogen and oxygen atoms in total. The Morgan fingerprint density at radius 3 is 1.37 bits per heavy atom. The number of hydrogen-bond acceptors (Lipinski definition) is 2. The normalized spacial score (nSPS) is 10.8. The first-order valence-electron chi connectivity index (χ1n) is 8.79. The maximum absolute atomic E-state index is 5.97. The van der Waals surface area contributed by atoms with Crippen molar-refractivity contribution in [2.24, 2.45) is 0 Å². The molecule has 7 heteroatoms. The highest BCUT2D eigenvalue weighted by Crippen LogP contribution is 2.33. The van der Waals surface area contributed by atoms with Crippen LogP contribution in [0.2, 0.25) is 0 Å². The molecule has 2 aromatic rings. The van der Waals surface area contributed by atoms with E-state index in [2.05, 4.69) is 12.1 Å². The Labute approximate surface area is 183 Å². The fraction of sp³-hybridized carbons (Fsp3) is 0.400. The number of aryl methyl sites for hydroxylation is 2. The van der Waals surface area contributed by atoms with Crippen LogP contribution in [0.3, 0.4) is 0 Å². The van der Waals surface area contributed by atoms with E-state index in [0.717, 1.165) is 48.3 Å². The van der Waals surface area contributed by atoms with E-state index in [0.29, 0.717) is 23.5 Å². The Hall–Kier alpha value is -0.370. The van der Waals surface area contributed by atoms with Gasteiger partial charge in [0, 0.05) is 23.5 Å². The molecule has 0 saturated heterocycles. The summed E-state index contributed by atoms with van der Waals surface area (Å²) in [5, 5.41) is 0. The summed E-state index contributed by atoms with van der Waals surface area (Å²) in [6.45, 7) is 0. The third-order valence-electron chi connectivity index (χ3n) is 4.18. The highest BCUT2D eigenvalue weighted by molar-refractivity contribution is 7.27. The van der Waals surface area contributed by atoms with Gasteiger partial charge in [-0.15, -0.1) is 46.4 Å². The van der Waals surface area contributed by atoms with Crippen LogP contribution < -0.4 is 9.05 Å². The van der Waals surface area contributed by atoms with Gasteiger partial charge in [-0.25, -0.2) is 0 Å². The average molecular weight is 468 g/mol. The van der Waals surface area contributed by atoms with E-state index in [-0.39, 0.29) is 9.03 Å². The standard InChI is InChI=1S/C20H23Cl4O2P/c21-11-7-15-3-1-5-19(17(15)9-13-23)25-27-26-20-6-2-4-16(8-12-22)18(20)10-14-24/h1-6,27H,7-14H2. The van der Waals surface area contributed by atoms with Gasteiger partial charge in [0.25, 0.3) is 9.03 Å². The lowest BCUT2D eigenvalue weighted by Gasteiger charge is -2.16. The SMILES string of the molecule is ClCCc1cccc(OPOc2cccc(CCCl)c2CCCl)c1CCCl.